The van der Waals surface area contributed by atoms with Gasteiger partial charge in [-0.25, -0.2) is 0 Å². The van der Waals surface area contributed by atoms with E-state index in [1.807, 2.05) is 19.1 Å². The lowest BCUT2D eigenvalue weighted by Crippen LogP contribution is -2.34. The molecule has 1 aliphatic rings. The molecule has 1 amide bonds. The number of carbonyl (C=O) groups is 1. The second-order valence-electron chi connectivity index (χ2n) is 3.67. The highest BCUT2D eigenvalue weighted by atomic mass is 16.5. The summed E-state index contributed by atoms with van der Waals surface area (Å²) in [5, 5.41) is 6.11. The molecule has 15 heavy (non-hydrogen) atoms. The summed E-state index contributed by atoms with van der Waals surface area (Å²) >= 11 is 0. The van der Waals surface area contributed by atoms with Gasteiger partial charge in [0.15, 0.2) is 0 Å². The van der Waals surface area contributed by atoms with Crippen LogP contribution in [-0.4, -0.2) is 25.6 Å². The number of amides is 1. The van der Waals surface area contributed by atoms with Gasteiger partial charge in [0, 0.05) is 18.3 Å². The fourth-order valence-corrected chi connectivity index (χ4v) is 1.61. The molecule has 1 atom stereocenters. The first-order chi connectivity index (χ1) is 7.20. The summed E-state index contributed by atoms with van der Waals surface area (Å²) in [5.41, 5.74) is 1.50. The van der Waals surface area contributed by atoms with Crippen molar-refractivity contribution >= 4 is 11.6 Å². The van der Waals surface area contributed by atoms with E-state index in [2.05, 4.69) is 10.6 Å². The topological polar surface area (TPSA) is 50.4 Å². The molecule has 2 N–H and O–H groups in total. The number of carbonyl (C=O) groups excluding carboxylic acids is 1. The molecular formula is C11H14N2O2. The molecule has 0 saturated heterocycles. The molecule has 4 heteroatoms. The first-order valence-corrected chi connectivity index (χ1v) is 4.93. The summed E-state index contributed by atoms with van der Waals surface area (Å²) in [6.45, 7) is 2.71. The predicted octanol–water partition coefficient (Wildman–Crippen LogP) is 1.24. The molecule has 80 valence electrons. The Kier molecular flexibility index (Phi) is 2.49. The number of anilines is 1. The summed E-state index contributed by atoms with van der Waals surface area (Å²) in [7, 11) is 1.59. The maximum Gasteiger partial charge on any atom is 0.253 e. The standard InChI is InChI=1S/C11H14N2O2/c1-7-6-12-10-4-3-8(15-2)5-9(10)11(14)13-7/h3-5,7,12H,6H2,1-2H3,(H,13,14). The Balaban J connectivity index is 2.41. The van der Waals surface area contributed by atoms with Gasteiger partial charge in [-0.2, -0.15) is 0 Å². The Morgan fingerprint density at radius 2 is 2.27 bits per heavy atom. The molecule has 1 heterocycles. The highest BCUT2D eigenvalue weighted by Gasteiger charge is 2.18. The fraction of sp³-hybridized carbons (Fsp3) is 0.364. The minimum Gasteiger partial charge on any atom is -0.497 e. The predicted molar refractivity (Wildman–Crippen MR) is 58.4 cm³/mol. The van der Waals surface area contributed by atoms with Crippen molar-refractivity contribution in [2.24, 2.45) is 0 Å². The molecule has 0 radical (unpaired) electrons. The number of nitrogens with one attached hydrogen (secondary N) is 2. The van der Waals surface area contributed by atoms with Crippen molar-refractivity contribution in [1.29, 1.82) is 0 Å². The molecule has 1 aromatic rings. The van der Waals surface area contributed by atoms with Gasteiger partial charge < -0.3 is 15.4 Å². The van der Waals surface area contributed by atoms with E-state index < -0.39 is 0 Å². The maximum absolute atomic E-state index is 11.8. The zero-order valence-electron chi connectivity index (χ0n) is 8.83. The Morgan fingerprint density at radius 3 is 3.00 bits per heavy atom. The number of benzene rings is 1. The van der Waals surface area contributed by atoms with Crippen LogP contribution >= 0.6 is 0 Å². The van der Waals surface area contributed by atoms with Crippen molar-refractivity contribution in [1.82, 2.24) is 5.32 Å². The average molecular weight is 206 g/mol. The number of ether oxygens (including phenoxy) is 1. The summed E-state index contributed by atoms with van der Waals surface area (Å²) in [4.78, 5) is 11.8. The number of fused-ring (bicyclic) bond motifs is 1. The Morgan fingerprint density at radius 1 is 1.47 bits per heavy atom. The third-order valence-electron chi connectivity index (χ3n) is 2.45. The number of rotatable bonds is 1. The Labute approximate surface area is 88.6 Å². The molecule has 4 nitrogen and oxygen atoms in total. The zero-order valence-corrected chi connectivity index (χ0v) is 8.83. The smallest absolute Gasteiger partial charge is 0.253 e. The van der Waals surface area contributed by atoms with Crippen LogP contribution in [0.2, 0.25) is 0 Å². The first kappa shape index (κ1) is 9.83. The normalized spacial score (nSPS) is 19.6. The molecule has 0 spiro atoms. The number of hydrogen-bond acceptors (Lipinski definition) is 3. The summed E-state index contributed by atoms with van der Waals surface area (Å²) < 4.78 is 5.09. The van der Waals surface area contributed by atoms with Crippen LogP contribution in [0.15, 0.2) is 18.2 Å². The monoisotopic (exact) mass is 206 g/mol. The van der Waals surface area contributed by atoms with E-state index in [1.54, 1.807) is 13.2 Å². The molecule has 0 bridgehead atoms. The van der Waals surface area contributed by atoms with Crippen molar-refractivity contribution in [3.63, 3.8) is 0 Å². The van der Waals surface area contributed by atoms with E-state index in [0.29, 0.717) is 11.3 Å². The van der Waals surface area contributed by atoms with Gasteiger partial charge >= 0.3 is 0 Å². The van der Waals surface area contributed by atoms with Crippen molar-refractivity contribution < 1.29 is 9.53 Å². The SMILES string of the molecule is COc1ccc2c(c1)C(=O)NC(C)CN2. The van der Waals surface area contributed by atoms with Gasteiger partial charge in [-0.1, -0.05) is 0 Å². The molecule has 2 rings (SSSR count). The van der Waals surface area contributed by atoms with Crippen molar-refractivity contribution in [3.05, 3.63) is 23.8 Å². The van der Waals surface area contributed by atoms with E-state index in [1.165, 1.54) is 0 Å². The van der Waals surface area contributed by atoms with Crippen LogP contribution in [-0.2, 0) is 0 Å². The second-order valence-corrected chi connectivity index (χ2v) is 3.67. The fourth-order valence-electron chi connectivity index (χ4n) is 1.61. The van der Waals surface area contributed by atoms with Crippen LogP contribution in [0.4, 0.5) is 5.69 Å². The van der Waals surface area contributed by atoms with Crippen molar-refractivity contribution in [2.75, 3.05) is 19.0 Å². The van der Waals surface area contributed by atoms with Gasteiger partial charge in [-0.05, 0) is 25.1 Å². The quantitative estimate of drug-likeness (QED) is 0.726. The first-order valence-electron chi connectivity index (χ1n) is 4.93. The van der Waals surface area contributed by atoms with Gasteiger partial charge in [-0.15, -0.1) is 0 Å². The molecule has 1 unspecified atom stereocenters. The van der Waals surface area contributed by atoms with Gasteiger partial charge in [0.25, 0.3) is 5.91 Å². The molecule has 0 fully saturated rings. The van der Waals surface area contributed by atoms with Gasteiger partial charge in [-0.3, -0.25) is 4.79 Å². The lowest BCUT2D eigenvalue weighted by atomic mass is 10.1. The van der Waals surface area contributed by atoms with Crippen LogP contribution in [0.25, 0.3) is 0 Å². The van der Waals surface area contributed by atoms with Crippen LogP contribution < -0.4 is 15.4 Å². The lowest BCUT2D eigenvalue weighted by Gasteiger charge is -2.08. The van der Waals surface area contributed by atoms with E-state index in [-0.39, 0.29) is 11.9 Å². The maximum atomic E-state index is 11.8. The van der Waals surface area contributed by atoms with Gasteiger partial charge in [0.2, 0.25) is 0 Å². The van der Waals surface area contributed by atoms with Gasteiger partial charge in [0.1, 0.15) is 5.75 Å². The third kappa shape index (κ3) is 1.88. The highest BCUT2D eigenvalue weighted by Crippen LogP contribution is 2.23. The summed E-state index contributed by atoms with van der Waals surface area (Å²) in [6.07, 6.45) is 0. The molecule has 0 aliphatic carbocycles. The second kappa shape index (κ2) is 3.81. The van der Waals surface area contributed by atoms with E-state index in [4.69, 9.17) is 4.74 Å². The number of hydrogen-bond donors (Lipinski definition) is 2. The van der Waals surface area contributed by atoms with Crippen molar-refractivity contribution in [3.8, 4) is 5.75 Å². The van der Waals surface area contributed by atoms with Crippen molar-refractivity contribution in [2.45, 2.75) is 13.0 Å². The largest absolute Gasteiger partial charge is 0.497 e. The van der Waals surface area contributed by atoms with Crippen LogP contribution in [0, 0.1) is 0 Å². The Hall–Kier alpha value is -1.71. The minimum absolute atomic E-state index is 0.0543. The molecule has 1 aromatic carbocycles. The van der Waals surface area contributed by atoms with Crippen LogP contribution in [0.5, 0.6) is 5.75 Å². The van der Waals surface area contributed by atoms with Crippen LogP contribution in [0.3, 0.4) is 0 Å². The summed E-state index contributed by atoms with van der Waals surface area (Å²) in [5.74, 6) is 0.640. The van der Waals surface area contributed by atoms with Crippen LogP contribution in [0.1, 0.15) is 17.3 Å². The molecule has 0 saturated carbocycles. The van der Waals surface area contributed by atoms with E-state index >= 15 is 0 Å². The van der Waals surface area contributed by atoms with E-state index in [0.717, 1.165) is 12.2 Å². The third-order valence-corrected chi connectivity index (χ3v) is 2.45. The number of methoxy groups -OCH3 is 1. The Bertz CT molecular complexity index is 390. The molecular weight excluding hydrogens is 192 g/mol. The summed E-state index contributed by atoms with van der Waals surface area (Å²) in [6, 6.07) is 5.59. The average Bonchev–Trinajstić information content (AvgIpc) is 2.38. The van der Waals surface area contributed by atoms with E-state index in [9.17, 15) is 4.79 Å². The highest BCUT2D eigenvalue weighted by molar-refractivity contribution is 6.00. The molecule has 0 aromatic heterocycles. The minimum atomic E-state index is -0.0543. The lowest BCUT2D eigenvalue weighted by molar-refractivity contribution is 0.0945. The zero-order chi connectivity index (χ0) is 10.8. The van der Waals surface area contributed by atoms with Gasteiger partial charge in [0.05, 0.1) is 12.7 Å². The molecule has 1 aliphatic heterocycles.